The van der Waals surface area contributed by atoms with Gasteiger partial charge in [-0.2, -0.15) is 0 Å². The first-order chi connectivity index (χ1) is 9.04. The van der Waals surface area contributed by atoms with E-state index in [0.717, 1.165) is 16.8 Å². The van der Waals surface area contributed by atoms with Crippen molar-refractivity contribution in [1.29, 1.82) is 0 Å². The summed E-state index contributed by atoms with van der Waals surface area (Å²) in [4.78, 5) is 12.0. The van der Waals surface area contributed by atoms with E-state index in [2.05, 4.69) is 43.2 Å². The number of rotatable bonds is 4. The van der Waals surface area contributed by atoms with Crippen molar-refractivity contribution < 1.29 is 0 Å². The molecule has 0 saturated carbocycles. The summed E-state index contributed by atoms with van der Waals surface area (Å²) in [5.41, 5.74) is 9.57. The summed E-state index contributed by atoms with van der Waals surface area (Å²) in [6, 6.07) is 8.33. The first-order valence-electron chi connectivity index (χ1n) is 6.63. The Morgan fingerprint density at radius 3 is 2.42 bits per heavy atom. The zero-order valence-electron chi connectivity index (χ0n) is 11.7. The highest BCUT2D eigenvalue weighted by Gasteiger charge is 2.13. The minimum atomic E-state index is 0.00776. The number of aromatic nitrogens is 2. The third kappa shape index (κ3) is 2.63. The van der Waals surface area contributed by atoms with Crippen LogP contribution in [0.25, 0.3) is 11.3 Å². The van der Waals surface area contributed by atoms with E-state index in [-0.39, 0.29) is 5.56 Å². The van der Waals surface area contributed by atoms with E-state index in [1.54, 1.807) is 7.05 Å². The molecule has 4 heteroatoms. The van der Waals surface area contributed by atoms with Gasteiger partial charge in [0.2, 0.25) is 0 Å². The van der Waals surface area contributed by atoms with Crippen LogP contribution in [0.1, 0.15) is 30.9 Å². The predicted octanol–water partition coefficient (Wildman–Crippen LogP) is 2.00. The van der Waals surface area contributed by atoms with Crippen LogP contribution in [0.15, 0.2) is 29.1 Å². The molecule has 1 aromatic carbocycles. The number of nitrogens with zero attached hydrogens (tertiary/aromatic N) is 1. The summed E-state index contributed by atoms with van der Waals surface area (Å²) in [5.74, 6) is 0.507. The number of nitrogens with one attached hydrogen (secondary N) is 1. The van der Waals surface area contributed by atoms with E-state index in [1.165, 1.54) is 10.2 Å². The van der Waals surface area contributed by atoms with Gasteiger partial charge in [-0.15, -0.1) is 0 Å². The van der Waals surface area contributed by atoms with Crippen molar-refractivity contribution in [1.82, 2.24) is 9.78 Å². The Bertz CT molecular complexity index is 605. The lowest BCUT2D eigenvalue weighted by Gasteiger charge is -2.07. The van der Waals surface area contributed by atoms with Crippen molar-refractivity contribution in [3.63, 3.8) is 0 Å². The molecule has 0 bridgehead atoms. The van der Waals surface area contributed by atoms with Crippen LogP contribution in [-0.4, -0.2) is 16.3 Å². The summed E-state index contributed by atoms with van der Waals surface area (Å²) in [5, 5.41) is 3.11. The van der Waals surface area contributed by atoms with E-state index in [0.29, 0.717) is 18.9 Å². The molecule has 0 aliphatic carbocycles. The Kier molecular flexibility index (Phi) is 3.90. The molecule has 1 aromatic heterocycles. The highest BCUT2D eigenvalue weighted by molar-refractivity contribution is 5.63. The van der Waals surface area contributed by atoms with Crippen molar-refractivity contribution in [3.05, 3.63) is 45.7 Å². The van der Waals surface area contributed by atoms with Crippen LogP contribution in [-0.2, 0) is 13.5 Å². The number of hydrogen-bond donors (Lipinski definition) is 2. The fraction of sp³-hybridized carbons (Fsp3) is 0.400. The summed E-state index contributed by atoms with van der Waals surface area (Å²) >= 11 is 0. The predicted molar refractivity (Wildman–Crippen MR) is 78.3 cm³/mol. The average Bonchev–Trinajstić information content (AvgIpc) is 2.68. The third-order valence-corrected chi connectivity index (χ3v) is 3.40. The van der Waals surface area contributed by atoms with Crippen LogP contribution >= 0.6 is 0 Å². The van der Waals surface area contributed by atoms with Gasteiger partial charge in [0.05, 0.1) is 5.69 Å². The molecule has 1 heterocycles. The normalized spacial score (nSPS) is 11.2. The maximum Gasteiger partial charge on any atom is 0.270 e. The van der Waals surface area contributed by atoms with Crippen LogP contribution in [0.4, 0.5) is 0 Å². The largest absolute Gasteiger partial charge is 0.330 e. The van der Waals surface area contributed by atoms with Crippen molar-refractivity contribution >= 4 is 0 Å². The maximum atomic E-state index is 12.0. The Morgan fingerprint density at radius 2 is 1.89 bits per heavy atom. The fourth-order valence-corrected chi connectivity index (χ4v) is 2.25. The molecular weight excluding hydrogens is 238 g/mol. The van der Waals surface area contributed by atoms with Crippen LogP contribution in [0.5, 0.6) is 0 Å². The van der Waals surface area contributed by atoms with Gasteiger partial charge in [-0.25, -0.2) is 0 Å². The zero-order chi connectivity index (χ0) is 14.0. The van der Waals surface area contributed by atoms with Gasteiger partial charge in [-0.1, -0.05) is 38.1 Å². The van der Waals surface area contributed by atoms with Crippen molar-refractivity contribution in [2.75, 3.05) is 6.54 Å². The van der Waals surface area contributed by atoms with Gasteiger partial charge in [0, 0.05) is 12.6 Å². The standard InChI is InChI=1S/C15H21N3O/c1-10(2)11-4-6-12(7-5-11)14-13(8-9-16)15(19)18(3)17-14/h4-7,10,17H,8-9,16H2,1-3H3. The second-order valence-corrected chi connectivity index (χ2v) is 5.14. The molecule has 3 N–H and O–H groups in total. The minimum Gasteiger partial charge on any atom is -0.330 e. The second kappa shape index (κ2) is 5.45. The highest BCUT2D eigenvalue weighted by Crippen LogP contribution is 2.23. The zero-order valence-corrected chi connectivity index (χ0v) is 11.7. The maximum absolute atomic E-state index is 12.0. The van der Waals surface area contributed by atoms with Gasteiger partial charge < -0.3 is 5.73 Å². The molecule has 0 aliphatic heterocycles. The fourth-order valence-electron chi connectivity index (χ4n) is 2.25. The van der Waals surface area contributed by atoms with E-state index >= 15 is 0 Å². The molecule has 0 amide bonds. The quantitative estimate of drug-likeness (QED) is 0.882. The first kappa shape index (κ1) is 13.6. The number of aryl methyl sites for hydroxylation is 1. The molecule has 0 spiro atoms. The molecule has 0 fully saturated rings. The Hall–Kier alpha value is -1.81. The Labute approximate surface area is 113 Å². The summed E-state index contributed by atoms with van der Waals surface area (Å²) in [6.07, 6.45) is 0.595. The van der Waals surface area contributed by atoms with Crippen LogP contribution < -0.4 is 11.3 Å². The van der Waals surface area contributed by atoms with Gasteiger partial charge in [-0.05, 0) is 30.0 Å². The van der Waals surface area contributed by atoms with Gasteiger partial charge in [0.1, 0.15) is 0 Å². The van der Waals surface area contributed by atoms with E-state index in [1.807, 2.05) is 0 Å². The smallest absolute Gasteiger partial charge is 0.270 e. The van der Waals surface area contributed by atoms with Gasteiger partial charge >= 0.3 is 0 Å². The minimum absolute atomic E-state index is 0.00776. The van der Waals surface area contributed by atoms with E-state index in [4.69, 9.17) is 5.73 Å². The lowest BCUT2D eigenvalue weighted by Crippen LogP contribution is -2.17. The lowest BCUT2D eigenvalue weighted by atomic mass is 9.99. The van der Waals surface area contributed by atoms with Crippen LogP contribution in [0.2, 0.25) is 0 Å². The number of aromatic amines is 1. The topological polar surface area (TPSA) is 63.8 Å². The van der Waals surface area contributed by atoms with Gasteiger partial charge in [0.25, 0.3) is 5.56 Å². The lowest BCUT2D eigenvalue weighted by molar-refractivity contribution is 0.739. The number of nitrogens with two attached hydrogens (primary N) is 1. The molecule has 0 saturated heterocycles. The van der Waals surface area contributed by atoms with Crippen LogP contribution in [0.3, 0.4) is 0 Å². The monoisotopic (exact) mass is 259 g/mol. The van der Waals surface area contributed by atoms with Crippen molar-refractivity contribution in [3.8, 4) is 11.3 Å². The first-order valence-corrected chi connectivity index (χ1v) is 6.63. The Morgan fingerprint density at radius 1 is 1.26 bits per heavy atom. The highest BCUT2D eigenvalue weighted by atomic mass is 16.1. The molecule has 4 nitrogen and oxygen atoms in total. The molecule has 2 aromatic rings. The van der Waals surface area contributed by atoms with Crippen molar-refractivity contribution in [2.45, 2.75) is 26.2 Å². The summed E-state index contributed by atoms with van der Waals surface area (Å²) in [7, 11) is 1.73. The molecule has 2 rings (SSSR count). The number of benzene rings is 1. The average molecular weight is 259 g/mol. The number of hydrogen-bond acceptors (Lipinski definition) is 2. The summed E-state index contributed by atoms with van der Waals surface area (Å²) in [6.45, 7) is 4.81. The van der Waals surface area contributed by atoms with E-state index in [9.17, 15) is 4.79 Å². The van der Waals surface area contributed by atoms with Crippen molar-refractivity contribution in [2.24, 2.45) is 12.8 Å². The van der Waals surface area contributed by atoms with Gasteiger partial charge in [-0.3, -0.25) is 14.6 Å². The van der Waals surface area contributed by atoms with Crippen LogP contribution in [0, 0.1) is 0 Å². The number of H-pyrrole nitrogens is 1. The third-order valence-electron chi connectivity index (χ3n) is 3.40. The summed E-state index contributed by atoms with van der Waals surface area (Å²) < 4.78 is 1.51. The molecule has 19 heavy (non-hydrogen) atoms. The molecule has 102 valence electrons. The van der Waals surface area contributed by atoms with Gasteiger partial charge in [0.15, 0.2) is 0 Å². The van der Waals surface area contributed by atoms with E-state index < -0.39 is 0 Å². The second-order valence-electron chi connectivity index (χ2n) is 5.14. The molecule has 0 aliphatic rings. The molecular formula is C15H21N3O. The molecule has 0 atom stereocenters. The molecule has 0 unspecified atom stereocenters. The SMILES string of the molecule is CC(C)c1ccc(-c2[nH]n(C)c(=O)c2CCN)cc1. The molecule has 0 radical (unpaired) electrons. The Balaban J connectivity index is 2.46.